The van der Waals surface area contributed by atoms with E-state index in [1.807, 2.05) is 0 Å². The van der Waals surface area contributed by atoms with E-state index >= 15 is 0 Å². The quantitative estimate of drug-likeness (QED) is 0.668. The molecule has 0 fully saturated rings. The van der Waals surface area contributed by atoms with Crippen LogP contribution in [0.25, 0.3) is 0 Å². The van der Waals surface area contributed by atoms with Crippen LogP contribution in [0, 0.1) is 28.5 Å². The number of hydrogen-bond acceptors (Lipinski definition) is 4. The van der Waals surface area contributed by atoms with Gasteiger partial charge in [0.1, 0.15) is 18.0 Å². The van der Waals surface area contributed by atoms with Gasteiger partial charge in [-0.05, 0) is 24.3 Å². The molecule has 1 aromatic carbocycles. The second kappa shape index (κ2) is 4.68. The molecule has 0 spiro atoms. The van der Waals surface area contributed by atoms with Crippen molar-refractivity contribution < 1.29 is 4.39 Å². The number of rotatable bonds is 2. The van der Waals surface area contributed by atoms with E-state index in [2.05, 4.69) is 10.2 Å². The first kappa shape index (κ1) is 9.82. The zero-order valence-corrected chi connectivity index (χ0v) is 7.05. The molecule has 0 saturated heterocycles. The minimum atomic E-state index is -1.11. The molecule has 0 aliphatic heterocycles. The first-order chi connectivity index (χ1) is 6.76. The Labute approximate surface area is 79.9 Å². The van der Waals surface area contributed by atoms with Crippen molar-refractivity contribution in [3.05, 3.63) is 30.1 Å². The lowest BCUT2D eigenvalue weighted by molar-refractivity contribution is 0.628. The van der Waals surface area contributed by atoms with E-state index in [0.717, 1.165) is 0 Å². The maximum Gasteiger partial charge on any atom is 0.242 e. The molecule has 0 aromatic heterocycles. The SMILES string of the molecule is N#CC(C#N)N=Nc1ccc(F)cc1. The highest BCUT2D eigenvalue weighted by Gasteiger charge is 2.00. The van der Waals surface area contributed by atoms with Gasteiger partial charge in [-0.15, -0.1) is 0 Å². The van der Waals surface area contributed by atoms with Gasteiger partial charge in [-0.25, -0.2) is 4.39 Å². The second-order valence-electron chi connectivity index (χ2n) is 2.35. The fourth-order valence-electron chi connectivity index (χ4n) is 0.713. The van der Waals surface area contributed by atoms with Crippen molar-refractivity contribution in [2.24, 2.45) is 10.2 Å². The summed E-state index contributed by atoms with van der Waals surface area (Å²) in [5.41, 5.74) is 0.405. The summed E-state index contributed by atoms with van der Waals surface area (Å²) in [6, 6.07) is 7.43. The predicted octanol–water partition coefficient (Wildman–Crippen LogP) is 2.33. The molecule has 0 aliphatic rings. The summed E-state index contributed by atoms with van der Waals surface area (Å²) in [5, 5.41) is 23.8. The van der Waals surface area contributed by atoms with E-state index in [4.69, 9.17) is 10.5 Å². The molecule has 0 aliphatic carbocycles. The molecular weight excluding hydrogens is 183 g/mol. The standard InChI is InChI=1S/C9H5FN4/c10-7-1-3-8(4-2-7)13-14-9(5-11)6-12/h1-4,9H. The van der Waals surface area contributed by atoms with Crippen LogP contribution in [0.1, 0.15) is 0 Å². The van der Waals surface area contributed by atoms with Crippen LogP contribution < -0.4 is 0 Å². The predicted molar refractivity (Wildman–Crippen MR) is 45.9 cm³/mol. The van der Waals surface area contributed by atoms with Crippen molar-refractivity contribution in [2.45, 2.75) is 6.04 Å². The fourth-order valence-corrected chi connectivity index (χ4v) is 0.713. The topological polar surface area (TPSA) is 72.3 Å². The zero-order valence-electron chi connectivity index (χ0n) is 7.05. The van der Waals surface area contributed by atoms with Crippen LogP contribution in [0.5, 0.6) is 0 Å². The highest BCUT2D eigenvalue weighted by atomic mass is 19.1. The molecule has 1 rings (SSSR count). The van der Waals surface area contributed by atoms with Gasteiger partial charge in [0, 0.05) is 0 Å². The molecule has 0 atom stereocenters. The van der Waals surface area contributed by atoms with Crippen molar-refractivity contribution in [2.75, 3.05) is 0 Å². The summed E-state index contributed by atoms with van der Waals surface area (Å²) >= 11 is 0. The van der Waals surface area contributed by atoms with Gasteiger partial charge in [0.15, 0.2) is 0 Å². The Bertz CT molecular complexity index is 396. The number of nitriles is 2. The van der Waals surface area contributed by atoms with Gasteiger partial charge in [-0.1, -0.05) is 0 Å². The maximum atomic E-state index is 12.4. The summed E-state index contributed by atoms with van der Waals surface area (Å²) in [4.78, 5) is 0. The molecule has 4 nitrogen and oxygen atoms in total. The summed E-state index contributed by atoms with van der Waals surface area (Å²) in [5.74, 6) is -0.374. The monoisotopic (exact) mass is 188 g/mol. The highest BCUT2D eigenvalue weighted by Crippen LogP contribution is 2.12. The van der Waals surface area contributed by atoms with E-state index in [9.17, 15) is 4.39 Å². The van der Waals surface area contributed by atoms with Crippen molar-refractivity contribution in [1.29, 1.82) is 10.5 Å². The van der Waals surface area contributed by atoms with E-state index in [-0.39, 0.29) is 5.82 Å². The molecule has 14 heavy (non-hydrogen) atoms. The van der Waals surface area contributed by atoms with Gasteiger partial charge in [-0.2, -0.15) is 20.8 Å². The van der Waals surface area contributed by atoms with E-state index in [1.54, 1.807) is 12.1 Å². The second-order valence-corrected chi connectivity index (χ2v) is 2.35. The maximum absolute atomic E-state index is 12.4. The van der Waals surface area contributed by atoms with Crippen molar-refractivity contribution in [3.8, 4) is 12.1 Å². The summed E-state index contributed by atoms with van der Waals surface area (Å²) < 4.78 is 12.4. The first-order valence-corrected chi connectivity index (χ1v) is 3.72. The lowest BCUT2D eigenvalue weighted by atomic mass is 10.3. The van der Waals surface area contributed by atoms with E-state index in [0.29, 0.717) is 5.69 Å². The average molecular weight is 188 g/mol. The van der Waals surface area contributed by atoms with Crippen LogP contribution >= 0.6 is 0 Å². The molecule has 1 aromatic rings. The van der Waals surface area contributed by atoms with Gasteiger partial charge in [-0.3, -0.25) is 0 Å². The Morgan fingerprint density at radius 3 is 2.21 bits per heavy atom. The van der Waals surface area contributed by atoms with Crippen LogP contribution in [-0.4, -0.2) is 6.04 Å². The van der Waals surface area contributed by atoms with Crippen molar-refractivity contribution in [3.63, 3.8) is 0 Å². The summed E-state index contributed by atoms with van der Waals surface area (Å²) in [6.07, 6.45) is 0. The van der Waals surface area contributed by atoms with Gasteiger partial charge < -0.3 is 0 Å². The van der Waals surface area contributed by atoms with Crippen molar-refractivity contribution >= 4 is 5.69 Å². The van der Waals surface area contributed by atoms with Gasteiger partial charge in [0.05, 0.1) is 5.69 Å². The van der Waals surface area contributed by atoms with Crippen LogP contribution in [0.2, 0.25) is 0 Å². The third kappa shape index (κ3) is 2.65. The Kier molecular flexibility index (Phi) is 3.28. The molecular formula is C9H5FN4. The highest BCUT2D eigenvalue weighted by molar-refractivity contribution is 5.35. The molecule has 68 valence electrons. The minimum Gasteiger partial charge on any atom is -0.207 e. The largest absolute Gasteiger partial charge is 0.242 e. The number of hydrogen-bond donors (Lipinski definition) is 0. The molecule has 0 heterocycles. The molecule has 5 heteroatoms. The first-order valence-electron chi connectivity index (χ1n) is 3.72. The minimum absolute atomic E-state index is 0.374. The van der Waals surface area contributed by atoms with Crippen LogP contribution in [0.4, 0.5) is 10.1 Å². The van der Waals surface area contributed by atoms with E-state index < -0.39 is 6.04 Å². The Morgan fingerprint density at radius 1 is 1.14 bits per heavy atom. The average Bonchev–Trinajstić information content (AvgIpc) is 2.22. The third-order valence-electron chi connectivity index (χ3n) is 1.36. The van der Waals surface area contributed by atoms with Gasteiger partial charge >= 0.3 is 0 Å². The summed E-state index contributed by atoms with van der Waals surface area (Å²) in [7, 11) is 0. The zero-order chi connectivity index (χ0) is 10.4. The Balaban J connectivity index is 2.75. The lowest BCUT2D eigenvalue weighted by Crippen LogP contribution is -1.92. The number of azo groups is 1. The Hall–Kier alpha value is -2.27. The van der Waals surface area contributed by atoms with E-state index in [1.165, 1.54) is 24.3 Å². The molecule has 0 unspecified atom stereocenters. The molecule has 0 saturated carbocycles. The number of benzene rings is 1. The molecule has 0 bridgehead atoms. The van der Waals surface area contributed by atoms with Crippen LogP contribution in [0.15, 0.2) is 34.5 Å². The molecule has 0 amide bonds. The summed E-state index contributed by atoms with van der Waals surface area (Å²) in [6.45, 7) is 0. The normalized spacial score (nSPS) is 10.0. The third-order valence-corrected chi connectivity index (χ3v) is 1.36. The van der Waals surface area contributed by atoms with Gasteiger partial charge in [0.25, 0.3) is 0 Å². The molecule has 0 radical (unpaired) electrons. The molecule has 0 N–H and O–H groups in total. The van der Waals surface area contributed by atoms with Crippen LogP contribution in [-0.2, 0) is 0 Å². The number of halogens is 1. The Morgan fingerprint density at radius 2 is 1.71 bits per heavy atom. The van der Waals surface area contributed by atoms with Crippen molar-refractivity contribution in [1.82, 2.24) is 0 Å². The fraction of sp³-hybridized carbons (Fsp3) is 0.111. The smallest absolute Gasteiger partial charge is 0.207 e. The lowest BCUT2D eigenvalue weighted by Gasteiger charge is -1.91. The number of nitrogens with zero attached hydrogens (tertiary/aromatic N) is 4. The van der Waals surface area contributed by atoms with Crippen LogP contribution in [0.3, 0.4) is 0 Å². The van der Waals surface area contributed by atoms with Gasteiger partial charge in [0.2, 0.25) is 6.04 Å².